The molecule has 0 spiro atoms. The molecule has 1 aromatic rings. The molecule has 0 saturated carbocycles. The smallest absolute Gasteiger partial charge is 0.243 e. The lowest BCUT2D eigenvalue weighted by Gasteiger charge is -2.35. The van der Waals surface area contributed by atoms with Crippen LogP contribution in [0.4, 0.5) is 0 Å². The second-order valence-electron chi connectivity index (χ2n) is 6.10. The Hall–Kier alpha value is -0.430. The first kappa shape index (κ1) is 15.9. The number of sulfonamides is 1. The van der Waals surface area contributed by atoms with Crippen LogP contribution in [-0.4, -0.2) is 32.4 Å². The van der Waals surface area contributed by atoms with Crippen LogP contribution in [0.5, 0.6) is 0 Å². The van der Waals surface area contributed by atoms with Crippen molar-refractivity contribution in [3.8, 4) is 0 Å². The van der Waals surface area contributed by atoms with E-state index in [2.05, 4.69) is 19.2 Å². The summed E-state index contributed by atoms with van der Waals surface area (Å²) in [6, 6.07) is 1.81. The van der Waals surface area contributed by atoms with E-state index in [4.69, 9.17) is 0 Å². The molecule has 1 N–H and O–H groups in total. The predicted octanol–water partition coefficient (Wildman–Crippen LogP) is 2.67. The second-order valence-corrected chi connectivity index (χ2v) is 9.03. The summed E-state index contributed by atoms with van der Waals surface area (Å²) in [6.45, 7) is 9.35. The summed E-state index contributed by atoms with van der Waals surface area (Å²) in [6.07, 6.45) is 1.86. The normalized spacial score (nSPS) is 20.1. The average molecular weight is 316 g/mol. The van der Waals surface area contributed by atoms with Gasteiger partial charge in [-0.1, -0.05) is 20.8 Å². The second kappa shape index (κ2) is 6.13. The zero-order chi connectivity index (χ0) is 14.8. The summed E-state index contributed by atoms with van der Waals surface area (Å²) < 4.78 is 26.8. The third-order valence-corrected chi connectivity index (χ3v) is 6.85. The predicted molar refractivity (Wildman–Crippen MR) is 83.5 cm³/mol. The molecule has 2 heterocycles. The number of nitrogens with zero attached hydrogens (tertiary/aromatic N) is 1. The molecule has 0 amide bonds. The minimum atomic E-state index is -3.30. The molecule has 1 aliphatic heterocycles. The van der Waals surface area contributed by atoms with Crippen LogP contribution >= 0.6 is 11.3 Å². The van der Waals surface area contributed by atoms with Crippen molar-refractivity contribution in [1.82, 2.24) is 9.62 Å². The van der Waals surface area contributed by atoms with Crippen molar-refractivity contribution in [1.29, 1.82) is 0 Å². The van der Waals surface area contributed by atoms with Crippen molar-refractivity contribution in [3.05, 3.63) is 16.3 Å². The first-order valence-electron chi connectivity index (χ1n) is 7.13. The Morgan fingerprint density at radius 1 is 1.35 bits per heavy atom. The van der Waals surface area contributed by atoms with E-state index in [1.807, 2.05) is 13.0 Å². The van der Waals surface area contributed by atoms with E-state index < -0.39 is 10.0 Å². The molecule has 4 nitrogen and oxygen atoms in total. The van der Waals surface area contributed by atoms with Crippen molar-refractivity contribution in [3.63, 3.8) is 0 Å². The van der Waals surface area contributed by atoms with Crippen LogP contribution < -0.4 is 5.32 Å². The molecule has 0 aromatic carbocycles. The fourth-order valence-corrected chi connectivity index (χ4v) is 4.99. The lowest BCUT2D eigenvalue weighted by atomic mass is 9.83. The summed E-state index contributed by atoms with van der Waals surface area (Å²) in [5.41, 5.74) is 0.261. The zero-order valence-corrected chi connectivity index (χ0v) is 14.1. The third kappa shape index (κ3) is 3.61. The standard InChI is InChI=1S/C14H24N2O2S2/c1-4-15-10-12-9-13(11-19-12)20(17,18)16-7-5-14(2,3)6-8-16/h9,11,15H,4-8,10H2,1-3H3. The lowest BCUT2D eigenvalue weighted by Crippen LogP contribution is -2.40. The maximum absolute atomic E-state index is 12.6. The minimum Gasteiger partial charge on any atom is -0.312 e. The van der Waals surface area contributed by atoms with E-state index in [0.29, 0.717) is 18.0 Å². The van der Waals surface area contributed by atoms with Gasteiger partial charge < -0.3 is 5.32 Å². The first-order chi connectivity index (χ1) is 9.35. The highest BCUT2D eigenvalue weighted by molar-refractivity contribution is 7.89. The van der Waals surface area contributed by atoms with Crippen molar-refractivity contribution in [2.45, 2.75) is 45.1 Å². The van der Waals surface area contributed by atoms with Gasteiger partial charge in [0, 0.05) is 29.9 Å². The Bertz CT molecular complexity index is 539. The lowest BCUT2D eigenvalue weighted by molar-refractivity contribution is 0.196. The molecule has 6 heteroatoms. The summed E-state index contributed by atoms with van der Waals surface area (Å²) in [5, 5.41) is 4.99. The molecule has 20 heavy (non-hydrogen) atoms. The molecule has 0 unspecified atom stereocenters. The van der Waals surface area contributed by atoms with Gasteiger partial charge in [0.1, 0.15) is 0 Å². The van der Waals surface area contributed by atoms with E-state index in [0.717, 1.165) is 30.8 Å². The van der Waals surface area contributed by atoms with Crippen molar-refractivity contribution in [2.24, 2.45) is 5.41 Å². The molecule has 1 aliphatic rings. The van der Waals surface area contributed by atoms with Crippen molar-refractivity contribution >= 4 is 21.4 Å². The molecule has 0 aliphatic carbocycles. The molecule has 1 aromatic heterocycles. The Kier molecular flexibility index (Phi) is 4.89. The maximum Gasteiger partial charge on any atom is 0.243 e. The van der Waals surface area contributed by atoms with E-state index in [1.165, 1.54) is 11.3 Å². The van der Waals surface area contributed by atoms with E-state index in [9.17, 15) is 8.42 Å². The average Bonchev–Trinajstić information content (AvgIpc) is 2.85. The van der Waals surface area contributed by atoms with Gasteiger partial charge in [-0.3, -0.25) is 0 Å². The van der Waals surface area contributed by atoms with Crippen molar-refractivity contribution in [2.75, 3.05) is 19.6 Å². The van der Waals surface area contributed by atoms with Crippen LogP contribution in [-0.2, 0) is 16.6 Å². The summed E-state index contributed by atoms with van der Waals surface area (Å²) in [4.78, 5) is 1.53. The molecule has 0 radical (unpaired) electrons. The Labute approximate surface area is 126 Å². The van der Waals surface area contributed by atoms with E-state index in [-0.39, 0.29) is 5.41 Å². The molecule has 114 valence electrons. The highest BCUT2D eigenvalue weighted by atomic mass is 32.2. The molecule has 1 saturated heterocycles. The maximum atomic E-state index is 12.6. The van der Waals surface area contributed by atoms with Gasteiger partial charge >= 0.3 is 0 Å². The van der Waals surface area contributed by atoms with Gasteiger partial charge in [0.2, 0.25) is 10.0 Å². The number of thiophene rings is 1. The fraction of sp³-hybridized carbons (Fsp3) is 0.714. The number of rotatable bonds is 5. The Morgan fingerprint density at radius 3 is 2.60 bits per heavy atom. The number of hydrogen-bond donors (Lipinski definition) is 1. The monoisotopic (exact) mass is 316 g/mol. The largest absolute Gasteiger partial charge is 0.312 e. The van der Waals surface area contributed by atoms with Crippen LogP contribution in [0.3, 0.4) is 0 Å². The number of nitrogens with one attached hydrogen (secondary N) is 1. The van der Waals surface area contributed by atoms with Gasteiger partial charge in [0.15, 0.2) is 0 Å². The van der Waals surface area contributed by atoms with Crippen molar-refractivity contribution < 1.29 is 8.42 Å². The Morgan fingerprint density at radius 2 is 2.00 bits per heavy atom. The van der Waals surface area contributed by atoms with Gasteiger partial charge in [-0.15, -0.1) is 11.3 Å². The molecule has 2 rings (SSSR count). The van der Waals surface area contributed by atoms with Crippen LogP contribution in [0.1, 0.15) is 38.5 Å². The molecule has 0 bridgehead atoms. The molecule has 0 atom stereocenters. The Balaban J connectivity index is 2.08. The highest BCUT2D eigenvalue weighted by Gasteiger charge is 2.33. The fourth-order valence-electron chi connectivity index (χ4n) is 2.32. The SMILES string of the molecule is CCNCc1cc(S(=O)(=O)N2CCC(C)(C)CC2)cs1. The van der Waals surface area contributed by atoms with Gasteiger partial charge in [0.25, 0.3) is 0 Å². The van der Waals surface area contributed by atoms with E-state index in [1.54, 1.807) is 9.69 Å². The van der Waals surface area contributed by atoms with Gasteiger partial charge in [-0.25, -0.2) is 8.42 Å². The summed E-state index contributed by atoms with van der Waals surface area (Å²) in [5.74, 6) is 0. The number of hydrogen-bond acceptors (Lipinski definition) is 4. The van der Waals surface area contributed by atoms with Crippen LogP contribution in [0.2, 0.25) is 0 Å². The molecular formula is C14H24N2O2S2. The molecular weight excluding hydrogens is 292 g/mol. The van der Waals surface area contributed by atoms with Gasteiger partial charge in [0.05, 0.1) is 4.90 Å². The van der Waals surface area contributed by atoms with Crippen LogP contribution in [0.15, 0.2) is 16.3 Å². The first-order valence-corrected chi connectivity index (χ1v) is 9.45. The van der Waals surface area contributed by atoms with Crippen LogP contribution in [0, 0.1) is 5.41 Å². The quantitative estimate of drug-likeness (QED) is 0.908. The molecule has 1 fully saturated rings. The zero-order valence-electron chi connectivity index (χ0n) is 12.5. The van der Waals surface area contributed by atoms with Crippen LogP contribution in [0.25, 0.3) is 0 Å². The van der Waals surface area contributed by atoms with Gasteiger partial charge in [-0.2, -0.15) is 4.31 Å². The van der Waals surface area contributed by atoms with E-state index >= 15 is 0 Å². The third-order valence-electron chi connectivity index (χ3n) is 3.89. The highest BCUT2D eigenvalue weighted by Crippen LogP contribution is 2.33. The van der Waals surface area contributed by atoms with Gasteiger partial charge in [-0.05, 0) is 30.9 Å². The number of piperidine rings is 1. The summed E-state index contributed by atoms with van der Waals surface area (Å²) in [7, 11) is -3.30. The topological polar surface area (TPSA) is 49.4 Å². The summed E-state index contributed by atoms with van der Waals surface area (Å²) >= 11 is 1.51. The minimum absolute atomic E-state index is 0.261.